The molecule has 0 spiro atoms. The van der Waals surface area contributed by atoms with Crippen molar-refractivity contribution in [3.63, 3.8) is 0 Å². The van der Waals surface area contributed by atoms with Crippen molar-refractivity contribution in [3.8, 4) is 5.75 Å². The Morgan fingerprint density at radius 2 is 2.20 bits per heavy atom. The smallest absolute Gasteiger partial charge is 0.272 e. The van der Waals surface area contributed by atoms with Gasteiger partial charge in [-0.1, -0.05) is 11.6 Å². The Kier molecular flexibility index (Phi) is 3.12. The highest BCUT2D eigenvalue weighted by atomic mass is 35.5. The Labute approximate surface area is 119 Å². The number of hydrogen-bond acceptors (Lipinski definition) is 3. The van der Waals surface area contributed by atoms with Crippen LogP contribution in [0.3, 0.4) is 0 Å². The molecular formula is C14H11ClN2O3. The lowest BCUT2D eigenvalue weighted by Crippen LogP contribution is -2.12. The van der Waals surface area contributed by atoms with Gasteiger partial charge in [0.15, 0.2) is 5.58 Å². The molecule has 6 heteroatoms. The van der Waals surface area contributed by atoms with Crippen LogP contribution in [0.5, 0.6) is 5.75 Å². The van der Waals surface area contributed by atoms with E-state index in [1.54, 1.807) is 36.6 Å². The summed E-state index contributed by atoms with van der Waals surface area (Å²) in [6.45, 7) is 0. The molecule has 1 amide bonds. The average molecular weight is 291 g/mol. The topological polar surface area (TPSA) is 67.3 Å². The summed E-state index contributed by atoms with van der Waals surface area (Å²) in [6, 6.07) is 8.45. The van der Waals surface area contributed by atoms with Crippen LogP contribution in [0.4, 0.5) is 5.69 Å². The Balaban J connectivity index is 1.81. The molecule has 2 N–H and O–H groups in total. The van der Waals surface area contributed by atoms with Crippen LogP contribution in [0.15, 0.2) is 41.0 Å². The molecule has 102 valence electrons. The zero-order valence-electron chi connectivity index (χ0n) is 10.6. The van der Waals surface area contributed by atoms with Crippen molar-refractivity contribution >= 4 is 34.3 Å². The minimum absolute atomic E-state index is 0.266. The van der Waals surface area contributed by atoms with Crippen molar-refractivity contribution in [3.05, 3.63) is 47.3 Å². The Morgan fingerprint density at radius 1 is 1.35 bits per heavy atom. The molecule has 5 nitrogen and oxygen atoms in total. The third kappa shape index (κ3) is 2.23. The molecule has 2 heterocycles. The largest absolute Gasteiger partial charge is 0.495 e. The van der Waals surface area contributed by atoms with E-state index in [-0.39, 0.29) is 5.91 Å². The van der Waals surface area contributed by atoms with Gasteiger partial charge < -0.3 is 19.5 Å². The Hall–Kier alpha value is -2.40. The molecule has 0 aliphatic rings. The lowest BCUT2D eigenvalue weighted by molar-refractivity contribution is 0.102. The molecule has 1 aromatic carbocycles. The van der Waals surface area contributed by atoms with Crippen LogP contribution < -0.4 is 10.1 Å². The maximum absolute atomic E-state index is 12.1. The number of furan rings is 1. The van der Waals surface area contributed by atoms with Gasteiger partial charge in [-0.15, -0.1) is 0 Å². The lowest BCUT2D eigenvalue weighted by Gasteiger charge is -2.07. The van der Waals surface area contributed by atoms with E-state index in [1.165, 1.54) is 7.11 Å². The highest BCUT2D eigenvalue weighted by Crippen LogP contribution is 2.27. The van der Waals surface area contributed by atoms with Crippen molar-refractivity contribution in [2.75, 3.05) is 12.4 Å². The van der Waals surface area contributed by atoms with Crippen LogP contribution in [-0.4, -0.2) is 18.0 Å². The summed E-state index contributed by atoms with van der Waals surface area (Å²) in [5.74, 6) is 0.291. The summed E-state index contributed by atoms with van der Waals surface area (Å²) >= 11 is 6.01. The zero-order valence-corrected chi connectivity index (χ0v) is 11.3. The second-order valence-electron chi connectivity index (χ2n) is 4.18. The third-order valence-electron chi connectivity index (χ3n) is 2.89. The summed E-state index contributed by atoms with van der Waals surface area (Å²) in [7, 11) is 1.54. The summed E-state index contributed by atoms with van der Waals surface area (Å²) < 4.78 is 10.3. The maximum Gasteiger partial charge on any atom is 0.272 e. The minimum Gasteiger partial charge on any atom is -0.495 e. The van der Waals surface area contributed by atoms with Crippen molar-refractivity contribution in [2.45, 2.75) is 0 Å². The Morgan fingerprint density at radius 3 is 2.90 bits per heavy atom. The summed E-state index contributed by atoms with van der Waals surface area (Å²) in [5.41, 5.74) is 2.43. The van der Waals surface area contributed by atoms with Gasteiger partial charge in [-0.25, -0.2) is 0 Å². The average Bonchev–Trinajstić information content (AvgIpc) is 2.99. The zero-order chi connectivity index (χ0) is 14.1. The number of aromatic amines is 1. The van der Waals surface area contributed by atoms with E-state index in [2.05, 4.69) is 10.3 Å². The fraction of sp³-hybridized carbons (Fsp3) is 0.0714. The SMILES string of the molecule is COc1ccc(NC(=O)c2cc3occc3[nH]2)cc1Cl. The minimum atomic E-state index is -0.266. The fourth-order valence-electron chi connectivity index (χ4n) is 1.91. The number of hydrogen-bond donors (Lipinski definition) is 2. The molecule has 0 fully saturated rings. The molecule has 0 radical (unpaired) electrons. The van der Waals surface area contributed by atoms with Crippen molar-refractivity contribution < 1.29 is 13.9 Å². The van der Waals surface area contributed by atoms with Gasteiger partial charge in [0.25, 0.3) is 5.91 Å². The highest BCUT2D eigenvalue weighted by Gasteiger charge is 2.12. The van der Waals surface area contributed by atoms with Crippen LogP contribution in [0.2, 0.25) is 5.02 Å². The molecule has 2 aromatic heterocycles. The Bertz CT molecular complexity index is 747. The molecular weight excluding hydrogens is 280 g/mol. The number of nitrogens with one attached hydrogen (secondary N) is 2. The first-order chi connectivity index (χ1) is 9.67. The van der Waals surface area contributed by atoms with E-state index < -0.39 is 0 Å². The number of H-pyrrole nitrogens is 1. The second-order valence-corrected chi connectivity index (χ2v) is 4.59. The van der Waals surface area contributed by atoms with Crippen LogP contribution in [0.25, 0.3) is 11.1 Å². The van der Waals surface area contributed by atoms with Gasteiger partial charge in [-0.3, -0.25) is 4.79 Å². The predicted molar refractivity (Wildman–Crippen MR) is 76.5 cm³/mol. The number of amides is 1. The molecule has 0 saturated heterocycles. The van der Waals surface area contributed by atoms with E-state index in [1.807, 2.05) is 0 Å². The summed E-state index contributed by atoms with van der Waals surface area (Å²) in [5, 5.41) is 3.18. The molecule has 0 saturated carbocycles. The van der Waals surface area contributed by atoms with Gasteiger partial charge in [-0.2, -0.15) is 0 Å². The molecule has 0 unspecified atom stereocenters. The van der Waals surface area contributed by atoms with Crippen molar-refractivity contribution in [2.24, 2.45) is 0 Å². The first kappa shape index (κ1) is 12.6. The van der Waals surface area contributed by atoms with E-state index in [0.717, 1.165) is 5.52 Å². The van der Waals surface area contributed by atoms with Gasteiger partial charge >= 0.3 is 0 Å². The third-order valence-corrected chi connectivity index (χ3v) is 3.19. The second kappa shape index (κ2) is 4.94. The highest BCUT2D eigenvalue weighted by molar-refractivity contribution is 6.32. The first-order valence-corrected chi connectivity index (χ1v) is 6.26. The number of halogens is 1. The van der Waals surface area contributed by atoms with Gasteiger partial charge in [-0.05, 0) is 18.2 Å². The number of benzene rings is 1. The van der Waals surface area contributed by atoms with E-state index in [4.69, 9.17) is 20.8 Å². The summed E-state index contributed by atoms with van der Waals surface area (Å²) in [6.07, 6.45) is 1.56. The first-order valence-electron chi connectivity index (χ1n) is 5.88. The standard InChI is InChI=1S/C14H11ClN2O3/c1-19-12-3-2-8(6-9(12)15)16-14(18)11-7-13-10(17-11)4-5-20-13/h2-7,17H,1H3,(H,16,18). The quantitative estimate of drug-likeness (QED) is 0.773. The number of carbonyl (C=O) groups excluding carboxylic acids is 1. The molecule has 20 heavy (non-hydrogen) atoms. The maximum atomic E-state index is 12.1. The van der Waals surface area contributed by atoms with E-state index in [0.29, 0.717) is 27.7 Å². The predicted octanol–water partition coefficient (Wildman–Crippen LogP) is 3.68. The number of rotatable bonds is 3. The molecule has 0 bridgehead atoms. The molecule has 0 atom stereocenters. The van der Waals surface area contributed by atoms with E-state index in [9.17, 15) is 4.79 Å². The molecule has 3 rings (SSSR count). The monoisotopic (exact) mass is 290 g/mol. The van der Waals surface area contributed by atoms with Crippen LogP contribution in [0.1, 0.15) is 10.5 Å². The number of ether oxygens (including phenoxy) is 1. The number of carbonyl (C=O) groups is 1. The lowest BCUT2D eigenvalue weighted by atomic mass is 10.3. The molecule has 0 aliphatic carbocycles. The van der Waals surface area contributed by atoms with Crippen molar-refractivity contribution in [1.82, 2.24) is 4.98 Å². The number of anilines is 1. The summed E-state index contributed by atoms with van der Waals surface area (Å²) in [4.78, 5) is 15.1. The normalized spacial score (nSPS) is 10.7. The van der Waals surface area contributed by atoms with Crippen LogP contribution in [0, 0.1) is 0 Å². The fourth-order valence-corrected chi connectivity index (χ4v) is 2.17. The number of methoxy groups -OCH3 is 1. The van der Waals surface area contributed by atoms with Crippen LogP contribution >= 0.6 is 11.6 Å². The number of fused-ring (bicyclic) bond motifs is 1. The van der Waals surface area contributed by atoms with Crippen LogP contribution in [-0.2, 0) is 0 Å². The van der Waals surface area contributed by atoms with Gasteiger partial charge in [0.05, 0.1) is 23.9 Å². The van der Waals surface area contributed by atoms with Gasteiger partial charge in [0.1, 0.15) is 11.4 Å². The molecule has 0 aliphatic heterocycles. The van der Waals surface area contributed by atoms with Gasteiger partial charge in [0.2, 0.25) is 0 Å². The van der Waals surface area contributed by atoms with E-state index >= 15 is 0 Å². The molecule has 3 aromatic rings. The van der Waals surface area contributed by atoms with Gasteiger partial charge in [0, 0.05) is 17.8 Å². The number of aromatic nitrogens is 1. The van der Waals surface area contributed by atoms with Crippen molar-refractivity contribution in [1.29, 1.82) is 0 Å².